The van der Waals surface area contributed by atoms with Gasteiger partial charge in [0, 0.05) is 29.3 Å². The number of carbonyl (C=O) groups is 1. The summed E-state index contributed by atoms with van der Waals surface area (Å²) in [5.74, 6) is 0.853. The molecule has 2 N–H and O–H groups in total. The minimum Gasteiger partial charge on any atom is -0.473 e. The van der Waals surface area contributed by atoms with Crippen molar-refractivity contribution in [3.05, 3.63) is 70.9 Å². The zero-order valence-corrected chi connectivity index (χ0v) is 19.3. The number of aliphatic hydroxyl groups excluding tert-OH is 1. The second-order valence-electron chi connectivity index (χ2n) is 8.05. The van der Waals surface area contributed by atoms with E-state index in [1.54, 1.807) is 26.0 Å². The Balaban J connectivity index is 1.49. The number of ether oxygens (including phenoxy) is 1. The van der Waals surface area contributed by atoms with Crippen LogP contribution < -0.4 is 10.1 Å². The van der Waals surface area contributed by atoms with E-state index < -0.39 is 6.04 Å². The van der Waals surface area contributed by atoms with Crippen molar-refractivity contribution in [3.8, 4) is 17.5 Å². The molecule has 180 valence electrons. The van der Waals surface area contributed by atoms with Crippen LogP contribution >= 0.6 is 0 Å². The molecule has 3 aromatic heterocycles. The quantitative estimate of drug-likeness (QED) is 0.333. The molecule has 5 aromatic rings. The van der Waals surface area contributed by atoms with Crippen molar-refractivity contribution in [2.24, 2.45) is 0 Å². The van der Waals surface area contributed by atoms with Crippen molar-refractivity contribution in [2.75, 3.05) is 6.61 Å². The van der Waals surface area contributed by atoms with Gasteiger partial charge in [0.2, 0.25) is 29.3 Å². The predicted molar refractivity (Wildman–Crippen MR) is 127 cm³/mol. The van der Waals surface area contributed by atoms with Crippen LogP contribution in [0.1, 0.15) is 28.7 Å². The first-order valence-corrected chi connectivity index (χ1v) is 11.0. The molecule has 0 radical (unpaired) electrons. The lowest BCUT2D eigenvalue weighted by Gasteiger charge is -2.13. The number of fused-ring (bicyclic) bond motifs is 3. The van der Waals surface area contributed by atoms with E-state index in [4.69, 9.17) is 20.9 Å². The van der Waals surface area contributed by atoms with Crippen LogP contribution in [0.3, 0.4) is 0 Å². The standard InChI is InChI=1S/C24H20N8O4/c1-13(11-33)26-23(34)15-8-9-16(19(10-15)25-3)12-35-24-18-7-5-4-6-17(18)21-28-29-22(32(21)30-24)20-27-14(2)36-31-20/h4-10,13,33H,11-12H2,1-2H3,(H,26,34). The largest absolute Gasteiger partial charge is 0.473 e. The van der Waals surface area contributed by atoms with Crippen LogP contribution in [0.4, 0.5) is 5.69 Å². The highest BCUT2D eigenvalue weighted by atomic mass is 16.5. The van der Waals surface area contributed by atoms with Crippen LogP contribution in [0.15, 0.2) is 47.0 Å². The van der Waals surface area contributed by atoms with Gasteiger partial charge in [-0.2, -0.15) is 9.50 Å². The lowest BCUT2D eigenvalue weighted by molar-refractivity contribution is 0.0922. The third-order valence-electron chi connectivity index (χ3n) is 5.44. The van der Waals surface area contributed by atoms with E-state index >= 15 is 0 Å². The topological polar surface area (TPSA) is 145 Å². The zero-order valence-electron chi connectivity index (χ0n) is 19.3. The normalized spacial score (nSPS) is 11.9. The number of hydrogen-bond donors (Lipinski definition) is 2. The molecule has 1 amide bonds. The van der Waals surface area contributed by atoms with Gasteiger partial charge in [-0.25, -0.2) is 4.85 Å². The van der Waals surface area contributed by atoms with E-state index in [1.165, 1.54) is 10.6 Å². The molecule has 2 aromatic carbocycles. The molecule has 0 aliphatic heterocycles. The number of nitrogens with one attached hydrogen (secondary N) is 1. The molecule has 0 spiro atoms. The SMILES string of the molecule is [C-]#[N+]c1cc(C(=O)NC(C)CO)ccc1COc1nn2c(-c3noc(C)n3)nnc2c2ccccc12. The first kappa shape index (κ1) is 22.9. The molecule has 0 saturated heterocycles. The van der Waals surface area contributed by atoms with Crippen LogP contribution in [0.2, 0.25) is 0 Å². The first-order valence-electron chi connectivity index (χ1n) is 11.0. The fourth-order valence-electron chi connectivity index (χ4n) is 3.62. The van der Waals surface area contributed by atoms with Gasteiger partial charge in [-0.3, -0.25) is 4.79 Å². The lowest BCUT2D eigenvalue weighted by atomic mass is 10.1. The van der Waals surface area contributed by atoms with E-state index in [9.17, 15) is 4.79 Å². The van der Waals surface area contributed by atoms with Crippen LogP contribution in [0.5, 0.6) is 5.88 Å². The third kappa shape index (κ3) is 4.19. The van der Waals surface area contributed by atoms with Gasteiger partial charge in [0.1, 0.15) is 6.61 Å². The zero-order chi connectivity index (χ0) is 25.2. The Hall–Kier alpha value is -4.89. The van der Waals surface area contributed by atoms with Gasteiger partial charge in [0.15, 0.2) is 11.3 Å². The second-order valence-corrected chi connectivity index (χ2v) is 8.05. The molecule has 0 fully saturated rings. The molecule has 0 saturated carbocycles. The van der Waals surface area contributed by atoms with Crippen molar-refractivity contribution >= 4 is 28.0 Å². The molecular weight excluding hydrogens is 464 g/mol. The Morgan fingerprint density at radius 2 is 2.06 bits per heavy atom. The minimum absolute atomic E-state index is 0.0356. The summed E-state index contributed by atoms with van der Waals surface area (Å²) >= 11 is 0. The van der Waals surface area contributed by atoms with Gasteiger partial charge >= 0.3 is 0 Å². The Morgan fingerprint density at radius 3 is 2.78 bits per heavy atom. The highest BCUT2D eigenvalue weighted by Gasteiger charge is 2.20. The van der Waals surface area contributed by atoms with Crippen molar-refractivity contribution in [2.45, 2.75) is 26.5 Å². The van der Waals surface area contributed by atoms with Gasteiger partial charge in [-0.15, -0.1) is 15.3 Å². The van der Waals surface area contributed by atoms with Gasteiger partial charge in [-0.05, 0) is 24.6 Å². The number of rotatable bonds is 7. The fraction of sp³-hybridized carbons (Fsp3) is 0.208. The Morgan fingerprint density at radius 1 is 1.25 bits per heavy atom. The Labute approximate surface area is 204 Å². The van der Waals surface area contributed by atoms with E-state index in [-0.39, 0.29) is 30.6 Å². The summed E-state index contributed by atoms with van der Waals surface area (Å²) in [7, 11) is 0. The molecule has 0 aliphatic rings. The molecule has 36 heavy (non-hydrogen) atoms. The summed E-state index contributed by atoms with van der Waals surface area (Å²) in [5.41, 5.74) is 1.68. The average Bonchev–Trinajstić information content (AvgIpc) is 3.52. The number of aryl methyl sites for hydroxylation is 1. The molecule has 12 heteroatoms. The van der Waals surface area contributed by atoms with E-state index in [0.717, 1.165) is 5.39 Å². The molecular formula is C24H20N8O4. The number of aromatic nitrogens is 6. The molecule has 0 bridgehead atoms. The van der Waals surface area contributed by atoms with Crippen LogP contribution in [-0.2, 0) is 6.61 Å². The average molecular weight is 484 g/mol. The predicted octanol–water partition coefficient (Wildman–Crippen LogP) is 2.88. The van der Waals surface area contributed by atoms with E-state index in [0.29, 0.717) is 39.8 Å². The van der Waals surface area contributed by atoms with E-state index in [2.05, 4.69) is 35.6 Å². The summed E-state index contributed by atoms with van der Waals surface area (Å²) in [6.07, 6.45) is 0. The maximum absolute atomic E-state index is 12.4. The van der Waals surface area contributed by atoms with Crippen LogP contribution in [-0.4, -0.2) is 53.6 Å². The Kier molecular flexibility index (Phi) is 5.97. The molecule has 0 aliphatic carbocycles. The molecule has 1 atom stereocenters. The number of benzene rings is 2. The Bertz CT molecular complexity index is 1630. The van der Waals surface area contributed by atoms with Crippen molar-refractivity contribution < 1.29 is 19.2 Å². The van der Waals surface area contributed by atoms with E-state index in [1.807, 2.05) is 24.3 Å². The molecule has 12 nitrogen and oxygen atoms in total. The highest BCUT2D eigenvalue weighted by Crippen LogP contribution is 2.30. The number of amides is 1. The first-order chi connectivity index (χ1) is 17.5. The maximum atomic E-state index is 12.4. The number of carbonyl (C=O) groups excluding carboxylic acids is 1. The van der Waals surface area contributed by atoms with Crippen molar-refractivity contribution in [1.82, 2.24) is 35.3 Å². The van der Waals surface area contributed by atoms with Gasteiger partial charge in [0.25, 0.3) is 0 Å². The smallest absolute Gasteiger partial charge is 0.250 e. The summed E-state index contributed by atoms with van der Waals surface area (Å²) in [4.78, 5) is 20.1. The van der Waals surface area contributed by atoms with Crippen LogP contribution in [0, 0.1) is 13.5 Å². The molecule has 5 rings (SSSR count). The highest BCUT2D eigenvalue weighted by molar-refractivity contribution is 5.97. The number of hydrogen-bond acceptors (Lipinski definition) is 9. The molecule has 1 unspecified atom stereocenters. The van der Waals surface area contributed by atoms with Gasteiger partial charge < -0.3 is 19.7 Å². The molecule has 3 heterocycles. The van der Waals surface area contributed by atoms with Crippen molar-refractivity contribution in [1.29, 1.82) is 0 Å². The summed E-state index contributed by atoms with van der Waals surface area (Å²) in [6.45, 7) is 10.8. The maximum Gasteiger partial charge on any atom is 0.250 e. The fourth-order valence-corrected chi connectivity index (χ4v) is 3.62. The van der Waals surface area contributed by atoms with Gasteiger partial charge in [0.05, 0.1) is 13.2 Å². The summed E-state index contributed by atoms with van der Waals surface area (Å²) in [5, 5.41) is 30.2. The van der Waals surface area contributed by atoms with Crippen molar-refractivity contribution in [3.63, 3.8) is 0 Å². The second kappa shape index (κ2) is 9.40. The van der Waals surface area contributed by atoms with Gasteiger partial charge in [-0.1, -0.05) is 35.5 Å². The number of aliphatic hydroxyl groups is 1. The number of nitrogens with zero attached hydrogens (tertiary/aromatic N) is 7. The summed E-state index contributed by atoms with van der Waals surface area (Å²) in [6, 6.07) is 11.8. The summed E-state index contributed by atoms with van der Waals surface area (Å²) < 4.78 is 12.6. The third-order valence-corrected chi connectivity index (χ3v) is 5.44. The van der Waals surface area contributed by atoms with Crippen LogP contribution in [0.25, 0.3) is 32.9 Å². The monoisotopic (exact) mass is 484 g/mol. The lowest BCUT2D eigenvalue weighted by Crippen LogP contribution is -2.34. The minimum atomic E-state index is -0.398.